The fourth-order valence-corrected chi connectivity index (χ4v) is 2.06. The first-order valence-corrected chi connectivity index (χ1v) is 6.84. The van der Waals surface area contributed by atoms with Gasteiger partial charge in [0.05, 0.1) is 12.7 Å². The molecule has 1 aromatic rings. The van der Waals surface area contributed by atoms with Gasteiger partial charge in [-0.25, -0.2) is 0 Å². The Morgan fingerprint density at radius 2 is 2.05 bits per heavy atom. The highest BCUT2D eigenvalue weighted by Crippen LogP contribution is 2.23. The lowest BCUT2D eigenvalue weighted by molar-refractivity contribution is -0.131. The van der Waals surface area contributed by atoms with Gasteiger partial charge < -0.3 is 15.2 Å². The van der Waals surface area contributed by atoms with E-state index in [9.17, 15) is 9.90 Å². The predicted octanol–water partition coefficient (Wildman–Crippen LogP) is 2.73. The predicted molar refractivity (Wildman–Crippen MR) is 80.0 cm³/mol. The molecule has 2 atom stereocenters. The van der Waals surface area contributed by atoms with Gasteiger partial charge in [0.2, 0.25) is 5.91 Å². The number of halogens is 2. The van der Waals surface area contributed by atoms with Gasteiger partial charge in [0.15, 0.2) is 0 Å². The zero-order valence-corrected chi connectivity index (χ0v) is 12.6. The van der Waals surface area contributed by atoms with Crippen LogP contribution < -0.4 is 5.32 Å². The van der Waals surface area contributed by atoms with Crippen molar-refractivity contribution in [2.45, 2.75) is 19.1 Å². The first-order valence-electron chi connectivity index (χ1n) is 6.08. The zero-order valence-electron chi connectivity index (χ0n) is 11.1. The van der Waals surface area contributed by atoms with Crippen LogP contribution in [-0.2, 0) is 9.53 Å². The molecule has 4 nitrogen and oxygen atoms in total. The Balaban J connectivity index is 2.52. The van der Waals surface area contributed by atoms with Gasteiger partial charge in [-0.05, 0) is 30.7 Å². The number of nitrogens with one attached hydrogen (secondary N) is 1. The van der Waals surface area contributed by atoms with Crippen LogP contribution in [0.2, 0.25) is 10.0 Å². The van der Waals surface area contributed by atoms with Gasteiger partial charge in [-0.2, -0.15) is 0 Å². The average molecular weight is 318 g/mol. The van der Waals surface area contributed by atoms with E-state index in [1.165, 1.54) is 0 Å². The summed E-state index contributed by atoms with van der Waals surface area (Å²) in [5, 5.41) is 13.4. The van der Waals surface area contributed by atoms with Gasteiger partial charge in [0.25, 0.3) is 0 Å². The Hall–Kier alpha value is -1.07. The van der Waals surface area contributed by atoms with E-state index >= 15 is 0 Å². The molecule has 0 radical (unpaired) electrons. The van der Waals surface area contributed by atoms with E-state index in [4.69, 9.17) is 27.9 Å². The molecule has 1 rings (SSSR count). The molecule has 6 heteroatoms. The largest absolute Gasteiger partial charge is 0.387 e. The van der Waals surface area contributed by atoms with E-state index in [1.54, 1.807) is 31.2 Å². The molecule has 0 saturated heterocycles. The summed E-state index contributed by atoms with van der Waals surface area (Å²) in [5.74, 6) is -0.306. The standard InChI is InChI=1S/C14H17Cl2NO3/c1-3-4-20-9(2)14(19)17-8-13(18)10-5-11(15)7-12(16)6-10/h3,5-7,9,13,18H,1,4,8H2,2H3,(H,17,19). The second-order valence-corrected chi connectivity index (χ2v) is 5.10. The average Bonchev–Trinajstić information content (AvgIpc) is 2.40. The number of aliphatic hydroxyl groups excluding tert-OH is 1. The lowest BCUT2D eigenvalue weighted by atomic mass is 10.1. The molecule has 0 saturated carbocycles. The molecule has 1 amide bonds. The maximum absolute atomic E-state index is 11.7. The minimum Gasteiger partial charge on any atom is -0.387 e. The maximum Gasteiger partial charge on any atom is 0.248 e. The van der Waals surface area contributed by atoms with Crippen LogP contribution in [0.5, 0.6) is 0 Å². The quantitative estimate of drug-likeness (QED) is 0.760. The van der Waals surface area contributed by atoms with Crippen LogP contribution >= 0.6 is 23.2 Å². The third kappa shape index (κ3) is 5.51. The summed E-state index contributed by atoms with van der Waals surface area (Å²) in [6.07, 6.45) is 0.0666. The van der Waals surface area contributed by atoms with Crippen LogP contribution in [0.3, 0.4) is 0 Å². The van der Waals surface area contributed by atoms with Crippen molar-refractivity contribution in [1.82, 2.24) is 5.32 Å². The van der Waals surface area contributed by atoms with Crippen molar-refractivity contribution in [2.75, 3.05) is 13.2 Å². The van der Waals surface area contributed by atoms with E-state index in [-0.39, 0.29) is 12.5 Å². The highest BCUT2D eigenvalue weighted by Gasteiger charge is 2.15. The number of carbonyl (C=O) groups excluding carboxylic acids is 1. The molecule has 0 bridgehead atoms. The van der Waals surface area contributed by atoms with Crippen LogP contribution in [0.15, 0.2) is 30.9 Å². The molecule has 0 spiro atoms. The molecule has 2 unspecified atom stereocenters. The molecule has 20 heavy (non-hydrogen) atoms. The number of amides is 1. The first-order chi connectivity index (χ1) is 9.43. The Labute approximate surface area is 128 Å². The van der Waals surface area contributed by atoms with E-state index in [0.717, 1.165) is 0 Å². The monoisotopic (exact) mass is 317 g/mol. The topological polar surface area (TPSA) is 58.6 Å². The van der Waals surface area contributed by atoms with Gasteiger partial charge in [-0.3, -0.25) is 4.79 Å². The fourth-order valence-electron chi connectivity index (χ4n) is 1.51. The maximum atomic E-state index is 11.7. The molecule has 0 aliphatic carbocycles. The van der Waals surface area contributed by atoms with E-state index in [1.807, 2.05) is 0 Å². The van der Waals surface area contributed by atoms with Crippen LogP contribution in [0, 0.1) is 0 Å². The summed E-state index contributed by atoms with van der Waals surface area (Å²) in [6.45, 7) is 5.47. The SMILES string of the molecule is C=CCOC(C)C(=O)NCC(O)c1cc(Cl)cc(Cl)c1. The highest BCUT2D eigenvalue weighted by atomic mass is 35.5. The van der Waals surface area contributed by atoms with Crippen LogP contribution in [0.4, 0.5) is 0 Å². The number of rotatable bonds is 7. The first kappa shape index (κ1) is 17.0. The molecule has 0 aromatic heterocycles. The lowest BCUT2D eigenvalue weighted by Gasteiger charge is -2.16. The highest BCUT2D eigenvalue weighted by molar-refractivity contribution is 6.34. The van der Waals surface area contributed by atoms with Gasteiger partial charge in [-0.15, -0.1) is 6.58 Å². The molecule has 0 aliphatic heterocycles. The minimum atomic E-state index is -0.887. The summed E-state index contributed by atoms with van der Waals surface area (Å²) in [7, 11) is 0. The van der Waals surface area contributed by atoms with E-state index in [0.29, 0.717) is 22.2 Å². The Kier molecular flexibility index (Phi) is 7.02. The Morgan fingerprint density at radius 1 is 1.45 bits per heavy atom. The second kappa shape index (κ2) is 8.27. The number of aliphatic hydroxyl groups is 1. The molecule has 2 N–H and O–H groups in total. The molecule has 110 valence electrons. The third-order valence-corrected chi connectivity index (χ3v) is 3.01. The third-order valence-electron chi connectivity index (χ3n) is 2.57. The molecular formula is C14H17Cl2NO3. The molecule has 1 aromatic carbocycles. The van der Waals surface area contributed by atoms with Crippen molar-refractivity contribution in [3.63, 3.8) is 0 Å². The van der Waals surface area contributed by atoms with E-state index in [2.05, 4.69) is 11.9 Å². The number of carbonyl (C=O) groups is 1. The minimum absolute atomic E-state index is 0.0529. The summed E-state index contributed by atoms with van der Waals surface area (Å²) < 4.78 is 5.18. The van der Waals surface area contributed by atoms with Crippen molar-refractivity contribution < 1.29 is 14.6 Å². The van der Waals surface area contributed by atoms with Gasteiger partial charge in [-0.1, -0.05) is 29.3 Å². The summed E-state index contributed by atoms with van der Waals surface area (Å²) >= 11 is 11.7. The van der Waals surface area contributed by atoms with Gasteiger partial charge >= 0.3 is 0 Å². The number of ether oxygens (including phenoxy) is 1. The van der Waals surface area contributed by atoms with Gasteiger partial charge in [0.1, 0.15) is 6.10 Å². The van der Waals surface area contributed by atoms with Crippen LogP contribution in [0.25, 0.3) is 0 Å². The number of benzene rings is 1. The molecule has 0 fully saturated rings. The van der Waals surface area contributed by atoms with Crippen LogP contribution in [0.1, 0.15) is 18.6 Å². The second-order valence-electron chi connectivity index (χ2n) is 4.23. The molecule has 0 aliphatic rings. The van der Waals surface area contributed by atoms with Crippen molar-refractivity contribution in [3.05, 3.63) is 46.5 Å². The summed E-state index contributed by atoms with van der Waals surface area (Å²) in [5.41, 5.74) is 0.544. The Bertz CT molecular complexity index is 459. The normalized spacial score (nSPS) is 13.6. The van der Waals surface area contributed by atoms with E-state index < -0.39 is 12.2 Å². The van der Waals surface area contributed by atoms with Crippen molar-refractivity contribution in [1.29, 1.82) is 0 Å². The summed E-state index contributed by atoms with van der Waals surface area (Å²) in [6, 6.07) is 4.77. The smallest absolute Gasteiger partial charge is 0.248 e. The van der Waals surface area contributed by atoms with Crippen molar-refractivity contribution in [2.24, 2.45) is 0 Å². The van der Waals surface area contributed by atoms with Crippen molar-refractivity contribution in [3.8, 4) is 0 Å². The fraction of sp³-hybridized carbons (Fsp3) is 0.357. The zero-order chi connectivity index (χ0) is 15.1. The van der Waals surface area contributed by atoms with Crippen molar-refractivity contribution >= 4 is 29.1 Å². The van der Waals surface area contributed by atoms with Crippen LogP contribution in [-0.4, -0.2) is 30.3 Å². The van der Waals surface area contributed by atoms with Gasteiger partial charge in [0, 0.05) is 16.6 Å². The molecular weight excluding hydrogens is 301 g/mol. The lowest BCUT2D eigenvalue weighted by Crippen LogP contribution is -2.37. The number of hydrogen-bond acceptors (Lipinski definition) is 3. The molecule has 0 heterocycles. The Morgan fingerprint density at radius 3 is 2.60 bits per heavy atom. The number of hydrogen-bond donors (Lipinski definition) is 2. The summed E-state index contributed by atoms with van der Waals surface area (Å²) in [4.78, 5) is 11.7.